The molecule has 1 aromatic rings. The van der Waals surface area contributed by atoms with Crippen molar-refractivity contribution in [1.29, 1.82) is 0 Å². The maximum atomic E-state index is 9.59. The lowest BCUT2D eigenvalue weighted by Gasteiger charge is -2.32. The molecule has 1 saturated heterocycles. The normalized spacial score (nSPS) is 32.9. The summed E-state index contributed by atoms with van der Waals surface area (Å²) < 4.78 is 0. The van der Waals surface area contributed by atoms with Crippen molar-refractivity contribution < 1.29 is 5.11 Å². The molecule has 1 N–H and O–H groups in total. The molecule has 0 aromatic heterocycles. The fourth-order valence-corrected chi connectivity index (χ4v) is 3.57. The van der Waals surface area contributed by atoms with E-state index in [2.05, 4.69) is 36.9 Å². The van der Waals surface area contributed by atoms with Crippen LogP contribution in [0.15, 0.2) is 18.2 Å². The maximum Gasteiger partial charge on any atom is 0.117 e. The zero-order chi connectivity index (χ0) is 11.5. The number of benzene rings is 1. The number of phenols is 1. The Morgan fingerprint density at radius 2 is 2.12 bits per heavy atom. The second-order valence-electron chi connectivity index (χ2n) is 5.33. The second kappa shape index (κ2) is 2.92. The van der Waals surface area contributed by atoms with Crippen molar-refractivity contribution in [2.75, 3.05) is 25.5 Å². The Hall–Kier alpha value is -1.22. The first-order valence-corrected chi connectivity index (χ1v) is 5.80. The molecule has 0 aliphatic carbocycles. The number of phenolic OH excluding ortho intramolecular Hbond substituents is 1. The summed E-state index contributed by atoms with van der Waals surface area (Å²) in [6.07, 6.45) is 1.63. The Morgan fingerprint density at radius 1 is 1.38 bits per heavy atom. The molecule has 3 heteroatoms. The first kappa shape index (κ1) is 9.97. The van der Waals surface area contributed by atoms with Gasteiger partial charge in [-0.05, 0) is 25.1 Å². The molecule has 0 amide bonds. The van der Waals surface area contributed by atoms with E-state index < -0.39 is 0 Å². The van der Waals surface area contributed by atoms with Gasteiger partial charge in [-0.3, -0.25) is 4.90 Å². The van der Waals surface area contributed by atoms with E-state index in [1.165, 1.54) is 17.7 Å². The third-order valence-electron chi connectivity index (χ3n) is 4.31. The van der Waals surface area contributed by atoms with Gasteiger partial charge in [0.1, 0.15) is 5.75 Å². The Bertz CT molecular complexity index is 446. The minimum Gasteiger partial charge on any atom is -0.508 e. The van der Waals surface area contributed by atoms with Crippen molar-refractivity contribution in [2.24, 2.45) is 0 Å². The summed E-state index contributed by atoms with van der Waals surface area (Å²) in [7, 11) is 4.30. The number of aromatic hydroxyl groups is 1. The van der Waals surface area contributed by atoms with Crippen molar-refractivity contribution in [3.8, 4) is 5.75 Å². The Morgan fingerprint density at radius 3 is 2.88 bits per heavy atom. The first-order chi connectivity index (χ1) is 7.54. The molecule has 0 spiro atoms. The van der Waals surface area contributed by atoms with E-state index in [9.17, 15) is 5.11 Å². The van der Waals surface area contributed by atoms with Gasteiger partial charge in [-0.2, -0.15) is 0 Å². The topological polar surface area (TPSA) is 26.7 Å². The Labute approximate surface area is 96.3 Å². The van der Waals surface area contributed by atoms with Crippen molar-refractivity contribution in [3.63, 3.8) is 0 Å². The Kier molecular flexibility index (Phi) is 1.82. The average molecular weight is 218 g/mol. The summed E-state index contributed by atoms with van der Waals surface area (Å²) in [6.45, 7) is 3.48. The van der Waals surface area contributed by atoms with Gasteiger partial charge in [-0.1, -0.05) is 13.0 Å². The molecule has 3 rings (SSSR count). The van der Waals surface area contributed by atoms with E-state index in [1.807, 2.05) is 6.07 Å². The van der Waals surface area contributed by atoms with Gasteiger partial charge in [0.05, 0.1) is 6.17 Å². The van der Waals surface area contributed by atoms with Crippen LogP contribution in [0.1, 0.15) is 18.9 Å². The molecule has 2 heterocycles. The number of fused-ring (bicyclic) bond motifs is 3. The number of hydrogen-bond acceptors (Lipinski definition) is 3. The standard InChI is InChI=1S/C13H18N2O/c1-13-6-7-14(2)12(13)15(3)11-8-9(16)4-5-10(11)13/h4-5,8,12,16H,6-7H2,1-3H3. The highest BCUT2D eigenvalue weighted by Crippen LogP contribution is 2.51. The van der Waals surface area contributed by atoms with E-state index in [4.69, 9.17) is 0 Å². The first-order valence-electron chi connectivity index (χ1n) is 5.80. The van der Waals surface area contributed by atoms with Crippen LogP contribution in [0.2, 0.25) is 0 Å². The minimum absolute atomic E-state index is 0.215. The Balaban J connectivity index is 2.19. The smallest absolute Gasteiger partial charge is 0.117 e. The fraction of sp³-hybridized carbons (Fsp3) is 0.538. The van der Waals surface area contributed by atoms with Crippen LogP contribution < -0.4 is 4.90 Å². The second-order valence-corrected chi connectivity index (χ2v) is 5.33. The molecule has 86 valence electrons. The van der Waals surface area contributed by atoms with Crippen LogP contribution in [-0.2, 0) is 5.41 Å². The van der Waals surface area contributed by atoms with Crippen molar-refractivity contribution in [3.05, 3.63) is 23.8 Å². The van der Waals surface area contributed by atoms with Crippen molar-refractivity contribution >= 4 is 5.69 Å². The fourth-order valence-electron chi connectivity index (χ4n) is 3.57. The molecule has 0 saturated carbocycles. The minimum atomic E-state index is 0.215. The number of nitrogens with zero attached hydrogens (tertiary/aromatic N) is 2. The number of likely N-dealkylation sites (tertiary alicyclic amines) is 1. The quantitative estimate of drug-likeness (QED) is 0.719. The van der Waals surface area contributed by atoms with Crippen LogP contribution in [0.5, 0.6) is 5.75 Å². The van der Waals surface area contributed by atoms with Gasteiger partial charge in [-0.15, -0.1) is 0 Å². The summed E-state index contributed by atoms with van der Waals surface area (Å²) in [4.78, 5) is 4.69. The van der Waals surface area contributed by atoms with E-state index in [0.717, 1.165) is 6.54 Å². The lowest BCUT2D eigenvalue weighted by Crippen LogP contribution is -2.45. The van der Waals surface area contributed by atoms with E-state index in [0.29, 0.717) is 11.9 Å². The van der Waals surface area contributed by atoms with Gasteiger partial charge in [-0.25, -0.2) is 0 Å². The van der Waals surface area contributed by atoms with Gasteiger partial charge in [0, 0.05) is 30.8 Å². The van der Waals surface area contributed by atoms with Gasteiger partial charge in [0.25, 0.3) is 0 Å². The lowest BCUT2D eigenvalue weighted by atomic mass is 9.81. The number of hydrogen-bond donors (Lipinski definition) is 1. The van der Waals surface area contributed by atoms with E-state index >= 15 is 0 Å². The van der Waals surface area contributed by atoms with Crippen LogP contribution in [0, 0.1) is 0 Å². The highest BCUT2D eigenvalue weighted by Gasteiger charge is 2.52. The third-order valence-corrected chi connectivity index (χ3v) is 4.31. The number of anilines is 1. The number of rotatable bonds is 0. The molecular weight excluding hydrogens is 200 g/mol. The van der Waals surface area contributed by atoms with Crippen LogP contribution >= 0.6 is 0 Å². The number of likely N-dealkylation sites (N-methyl/N-ethyl adjacent to an activating group) is 2. The SMILES string of the molecule is CN1CCC2(C)c3ccc(O)cc3N(C)C12. The summed E-state index contributed by atoms with van der Waals surface area (Å²) in [5.74, 6) is 0.358. The highest BCUT2D eigenvalue weighted by molar-refractivity contribution is 5.66. The molecule has 1 aromatic carbocycles. The summed E-state index contributed by atoms with van der Waals surface area (Å²) >= 11 is 0. The van der Waals surface area contributed by atoms with Gasteiger partial charge < -0.3 is 10.0 Å². The van der Waals surface area contributed by atoms with Crippen molar-refractivity contribution in [2.45, 2.75) is 24.9 Å². The molecule has 2 aliphatic rings. The molecule has 0 bridgehead atoms. The molecule has 0 radical (unpaired) electrons. The van der Waals surface area contributed by atoms with Crippen LogP contribution in [-0.4, -0.2) is 36.8 Å². The zero-order valence-electron chi connectivity index (χ0n) is 10.1. The largest absolute Gasteiger partial charge is 0.508 e. The monoisotopic (exact) mass is 218 g/mol. The van der Waals surface area contributed by atoms with Gasteiger partial charge in [0.2, 0.25) is 0 Å². The highest BCUT2D eigenvalue weighted by atomic mass is 16.3. The molecule has 3 nitrogen and oxygen atoms in total. The molecule has 16 heavy (non-hydrogen) atoms. The molecule has 2 atom stereocenters. The van der Waals surface area contributed by atoms with Crippen LogP contribution in [0.3, 0.4) is 0 Å². The summed E-state index contributed by atoms with van der Waals surface area (Å²) in [5.41, 5.74) is 2.77. The molecule has 1 fully saturated rings. The van der Waals surface area contributed by atoms with Gasteiger partial charge >= 0.3 is 0 Å². The zero-order valence-corrected chi connectivity index (χ0v) is 10.1. The predicted molar refractivity (Wildman–Crippen MR) is 64.9 cm³/mol. The predicted octanol–water partition coefficient (Wildman–Crippen LogP) is 1.76. The van der Waals surface area contributed by atoms with E-state index in [-0.39, 0.29) is 5.41 Å². The lowest BCUT2D eigenvalue weighted by molar-refractivity contribution is 0.268. The molecule has 2 aliphatic heterocycles. The van der Waals surface area contributed by atoms with Crippen LogP contribution in [0.4, 0.5) is 5.69 Å². The summed E-state index contributed by atoms with van der Waals surface area (Å²) in [6, 6.07) is 5.77. The van der Waals surface area contributed by atoms with Crippen LogP contribution in [0.25, 0.3) is 0 Å². The molecule has 2 unspecified atom stereocenters. The van der Waals surface area contributed by atoms with Crippen molar-refractivity contribution in [1.82, 2.24) is 4.90 Å². The third kappa shape index (κ3) is 1.02. The van der Waals surface area contributed by atoms with E-state index in [1.54, 1.807) is 6.07 Å². The molecular formula is C13H18N2O. The van der Waals surface area contributed by atoms with Gasteiger partial charge in [0.15, 0.2) is 0 Å². The maximum absolute atomic E-state index is 9.59. The summed E-state index contributed by atoms with van der Waals surface area (Å²) in [5, 5.41) is 9.59. The average Bonchev–Trinajstić information content (AvgIpc) is 2.64.